The minimum absolute atomic E-state index is 0.145. The van der Waals surface area contributed by atoms with E-state index in [9.17, 15) is 5.11 Å². The summed E-state index contributed by atoms with van der Waals surface area (Å²) in [5.41, 5.74) is 1.19. The molecule has 88 valence electrons. The SMILES string of the molecule is CC1(CCc2ccccc2)CC(O)CCO1. The maximum absolute atomic E-state index is 9.66. The molecule has 2 atom stereocenters. The number of hydrogen-bond acceptors (Lipinski definition) is 2. The summed E-state index contributed by atoms with van der Waals surface area (Å²) in [4.78, 5) is 0. The number of rotatable bonds is 3. The molecule has 0 aromatic heterocycles. The maximum atomic E-state index is 9.66. The van der Waals surface area contributed by atoms with Crippen LogP contribution in [0.25, 0.3) is 0 Å². The largest absolute Gasteiger partial charge is 0.393 e. The van der Waals surface area contributed by atoms with Crippen molar-refractivity contribution in [1.82, 2.24) is 0 Å². The van der Waals surface area contributed by atoms with Crippen LogP contribution in [0.3, 0.4) is 0 Å². The zero-order valence-corrected chi connectivity index (χ0v) is 9.86. The van der Waals surface area contributed by atoms with Crippen LogP contribution in [0.4, 0.5) is 0 Å². The number of hydrogen-bond donors (Lipinski definition) is 1. The number of aliphatic hydroxyl groups excluding tert-OH is 1. The maximum Gasteiger partial charge on any atom is 0.0682 e. The summed E-state index contributed by atoms with van der Waals surface area (Å²) in [5.74, 6) is 0. The molecular weight excluding hydrogens is 200 g/mol. The Morgan fingerprint density at radius 3 is 2.81 bits per heavy atom. The van der Waals surface area contributed by atoms with Gasteiger partial charge in [-0.05, 0) is 31.7 Å². The lowest BCUT2D eigenvalue weighted by atomic mass is 9.88. The van der Waals surface area contributed by atoms with E-state index in [-0.39, 0.29) is 11.7 Å². The summed E-state index contributed by atoms with van der Waals surface area (Å²) in [7, 11) is 0. The predicted molar refractivity (Wildman–Crippen MR) is 64.4 cm³/mol. The Morgan fingerprint density at radius 1 is 1.38 bits per heavy atom. The monoisotopic (exact) mass is 220 g/mol. The second-order valence-corrected chi connectivity index (χ2v) is 4.93. The molecule has 0 saturated carbocycles. The highest BCUT2D eigenvalue weighted by Gasteiger charge is 2.31. The molecule has 0 bridgehead atoms. The predicted octanol–water partition coefficient (Wildman–Crippen LogP) is 2.55. The summed E-state index contributed by atoms with van der Waals surface area (Å²) in [5, 5.41) is 9.66. The smallest absolute Gasteiger partial charge is 0.0682 e. The molecule has 2 unspecified atom stereocenters. The van der Waals surface area contributed by atoms with Crippen LogP contribution in [0.15, 0.2) is 30.3 Å². The average molecular weight is 220 g/mol. The van der Waals surface area contributed by atoms with Gasteiger partial charge in [0.1, 0.15) is 0 Å². The van der Waals surface area contributed by atoms with Crippen LogP contribution in [0, 0.1) is 0 Å². The molecule has 2 rings (SSSR count). The zero-order chi connectivity index (χ0) is 11.4. The van der Waals surface area contributed by atoms with E-state index in [1.54, 1.807) is 0 Å². The highest BCUT2D eigenvalue weighted by Crippen LogP contribution is 2.29. The van der Waals surface area contributed by atoms with Gasteiger partial charge in [0, 0.05) is 13.0 Å². The Bertz CT molecular complexity index is 323. The van der Waals surface area contributed by atoms with E-state index in [0.717, 1.165) is 25.7 Å². The molecule has 2 nitrogen and oxygen atoms in total. The molecule has 0 amide bonds. The van der Waals surface area contributed by atoms with Crippen molar-refractivity contribution < 1.29 is 9.84 Å². The minimum Gasteiger partial charge on any atom is -0.393 e. The van der Waals surface area contributed by atoms with Gasteiger partial charge in [0.25, 0.3) is 0 Å². The number of aliphatic hydroxyl groups is 1. The van der Waals surface area contributed by atoms with Gasteiger partial charge in [-0.1, -0.05) is 30.3 Å². The van der Waals surface area contributed by atoms with E-state index >= 15 is 0 Å². The molecule has 1 aliphatic heterocycles. The van der Waals surface area contributed by atoms with Gasteiger partial charge in [0.2, 0.25) is 0 Å². The van der Waals surface area contributed by atoms with Crippen LogP contribution in [-0.4, -0.2) is 23.4 Å². The molecule has 0 aliphatic carbocycles. The van der Waals surface area contributed by atoms with Crippen LogP contribution < -0.4 is 0 Å². The van der Waals surface area contributed by atoms with Crippen molar-refractivity contribution in [3.63, 3.8) is 0 Å². The van der Waals surface area contributed by atoms with Gasteiger partial charge in [0.15, 0.2) is 0 Å². The first-order chi connectivity index (χ1) is 7.68. The molecule has 1 aromatic carbocycles. The fraction of sp³-hybridized carbons (Fsp3) is 0.571. The van der Waals surface area contributed by atoms with Crippen LogP contribution in [-0.2, 0) is 11.2 Å². The Kier molecular flexibility index (Phi) is 3.62. The summed E-state index contributed by atoms with van der Waals surface area (Å²) in [6.07, 6.45) is 3.35. The van der Waals surface area contributed by atoms with Crippen molar-refractivity contribution in [2.45, 2.75) is 44.3 Å². The van der Waals surface area contributed by atoms with Crippen LogP contribution in [0.2, 0.25) is 0 Å². The molecule has 1 fully saturated rings. The van der Waals surface area contributed by atoms with Crippen LogP contribution in [0.5, 0.6) is 0 Å². The molecule has 1 aromatic rings. The minimum atomic E-state index is -0.186. The normalized spacial score (nSPS) is 30.2. The molecule has 16 heavy (non-hydrogen) atoms. The van der Waals surface area contributed by atoms with Gasteiger partial charge >= 0.3 is 0 Å². The lowest BCUT2D eigenvalue weighted by Gasteiger charge is -2.36. The van der Waals surface area contributed by atoms with Crippen molar-refractivity contribution in [2.75, 3.05) is 6.61 Å². The lowest BCUT2D eigenvalue weighted by molar-refractivity contribution is -0.111. The number of ether oxygens (including phenoxy) is 1. The van der Waals surface area contributed by atoms with Gasteiger partial charge in [0.05, 0.1) is 11.7 Å². The summed E-state index contributed by atoms with van der Waals surface area (Å²) < 4.78 is 5.80. The second kappa shape index (κ2) is 4.98. The summed E-state index contributed by atoms with van der Waals surface area (Å²) in [6.45, 7) is 2.80. The summed E-state index contributed by atoms with van der Waals surface area (Å²) in [6, 6.07) is 10.4. The van der Waals surface area contributed by atoms with Crippen LogP contribution >= 0.6 is 0 Å². The average Bonchev–Trinajstić information content (AvgIpc) is 2.28. The molecular formula is C14H20O2. The Hall–Kier alpha value is -0.860. The van der Waals surface area contributed by atoms with Crippen molar-refractivity contribution in [2.24, 2.45) is 0 Å². The van der Waals surface area contributed by atoms with Gasteiger partial charge < -0.3 is 9.84 Å². The third-order valence-electron chi connectivity index (χ3n) is 3.35. The van der Waals surface area contributed by atoms with Crippen molar-refractivity contribution in [3.05, 3.63) is 35.9 Å². The Balaban J connectivity index is 1.89. The Morgan fingerprint density at radius 2 is 2.12 bits per heavy atom. The first-order valence-electron chi connectivity index (χ1n) is 6.04. The van der Waals surface area contributed by atoms with Crippen LogP contribution in [0.1, 0.15) is 31.7 Å². The molecule has 0 radical (unpaired) electrons. The molecule has 0 spiro atoms. The van der Waals surface area contributed by atoms with E-state index in [2.05, 4.69) is 31.2 Å². The lowest BCUT2D eigenvalue weighted by Crippen LogP contribution is -2.39. The fourth-order valence-electron chi connectivity index (χ4n) is 2.33. The van der Waals surface area contributed by atoms with Crippen molar-refractivity contribution in [1.29, 1.82) is 0 Å². The highest BCUT2D eigenvalue weighted by molar-refractivity contribution is 5.15. The topological polar surface area (TPSA) is 29.5 Å². The third kappa shape index (κ3) is 3.06. The Labute approximate surface area is 97.3 Å². The highest BCUT2D eigenvalue weighted by atomic mass is 16.5. The number of aryl methyl sites for hydroxylation is 1. The van der Waals surface area contributed by atoms with E-state index in [4.69, 9.17) is 4.74 Å². The first kappa shape index (κ1) is 11.6. The number of benzene rings is 1. The molecule has 1 aliphatic rings. The standard InChI is InChI=1S/C14H20O2/c1-14(11-13(15)8-10-16-14)9-7-12-5-3-2-4-6-12/h2-6,13,15H,7-11H2,1H3. The molecule has 1 N–H and O–H groups in total. The third-order valence-corrected chi connectivity index (χ3v) is 3.35. The van der Waals surface area contributed by atoms with E-state index in [0.29, 0.717) is 6.61 Å². The van der Waals surface area contributed by atoms with Crippen molar-refractivity contribution in [3.8, 4) is 0 Å². The quantitative estimate of drug-likeness (QED) is 0.848. The van der Waals surface area contributed by atoms with Gasteiger partial charge in [-0.15, -0.1) is 0 Å². The van der Waals surface area contributed by atoms with Gasteiger partial charge in [-0.3, -0.25) is 0 Å². The fourth-order valence-corrected chi connectivity index (χ4v) is 2.33. The zero-order valence-electron chi connectivity index (χ0n) is 9.86. The van der Waals surface area contributed by atoms with E-state index in [1.807, 2.05) is 6.07 Å². The van der Waals surface area contributed by atoms with E-state index in [1.165, 1.54) is 5.56 Å². The van der Waals surface area contributed by atoms with Gasteiger partial charge in [-0.2, -0.15) is 0 Å². The summed E-state index contributed by atoms with van der Waals surface area (Å²) >= 11 is 0. The first-order valence-corrected chi connectivity index (χ1v) is 6.04. The van der Waals surface area contributed by atoms with Gasteiger partial charge in [-0.25, -0.2) is 0 Å². The molecule has 2 heteroatoms. The van der Waals surface area contributed by atoms with E-state index < -0.39 is 0 Å². The van der Waals surface area contributed by atoms with Crippen molar-refractivity contribution >= 4 is 0 Å². The molecule has 1 heterocycles. The molecule has 1 saturated heterocycles. The second-order valence-electron chi connectivity index (χ2n) is 4.93.